The molecule has 2 saturated carbocycles. The minimum atomic E-state index is -3.72. The molecule has 0 unspecified atom stereocenters. The molecular weight excluding hydrogens is 398 g/mol. The maximum atomic E-state index is 12.7. The molecule has 0 heterocycles. The molecule has 158 valence electrons. The topological polar surface area (TPSA) is 87.6 Å². The van der Waals surface area contributed by atoms with Gasteiger partial charge in [0.25, 0.3) is 15.9 Å². The van der Waals surface area contributed by atoms with E-state index in [0.717, 1.165) is 18.6 Å². The quantitative estimate of drug-likeness (QED) is 0.695. The van der Waals surface area contributed by atoms with E-state index in [1.807, 2.05) is 0 Å². The molecule has 0 spiro atoms. The highest BCUT2D eigenvalue weighted by Crippen LogP contribution is 2.63. The lowest BCUT2D eigenvalue weighted by molar-refractivity contribution is 0.0954. The lowest BCUT2D eigenvalue weighted by Gasteiger charge is -2.34. The molecule has 6 nitrogen and oxygen atoms in total. The first-order valence-electron chi connectivity index (χ1n) is 10.2. The molecule has 2 atom stereocenters. The predicted octanol–water partition coefficient (Wildman–Crippen LogP) is 4.42. The summed E-state index contributed by atoms with van der Waals surface area (Å²) >= 11 is 0. The zero-order chi connectivity index (χ0) is 21.6. The van der Waals surface area contributed by atoms with E-state index in [4.69, 9.17) is 0 Å². The smallest absolute Gasteiger partial charge is 0.271 e. The van der Waals surface area contributed by atoms with Gasteiger partial charge in [0.1, 0.15) is 0 Å². The molecule has 2 aliphatic rings. The van der Waals surface area contributed by atoms with Crippen LogP contribution in [0.4, 0.5) is 5.69 Å². The number of fused-ring (bicyclic) bond motifs is 2. The number of hydrazone groups is 1. The number of nitrogens with zero attached hydrogens (tertiary/aromatic N) is 1. The number of amides is 1. The maximum Gasteiger partial charge on any atom is 0.271 e. The third-order valence-corrected chi connectivity index (χ3v) is 8.63. The Kier molecular flexibility index (Phi) is 4.97. The molecule has 2 bridgehead atoms. The first-order valence-corrected chi connectivity index (χ1v) is 11.7. The van der Waals surface area contributed by atoms with Crippen LogP contribution in [-0.4, -0.2) is 20.0 Å². The van der Waals surface area contributed by atoms with Crippen LogP contribution in [0.15, 0.2) is 64.6 Å². The van der Waals surface area contributed by atoms with Gasteiger partial charge in [-0.3, -0.25) is 9.52 Å². The highest BCUT2D eigenvalue weighted by Gasteiger charge is 2.60. The van der Waals surface area contributed by atoms with E-state index < -0.39 is 10.0 Å². The molecule has 2 aromatic rings. The van der Waals surface area contributed by atoms with Crippen molar-refractivity contribution in [1.29, 1.82) is 0 Å². The molecule has 0 aromatic heterocycles. The van der Waals surface area contributed by atoms with Crippen LogP contribution < -0.4 is 10.1 Å². The number of nitrogens with one attached hydrogen (secondary N) is 2. The summed E-state index contributed by atoms with van der Waals surface area (Å²) in [6.07, 6.45) is 3.22. The van der Waals surface area contributed by atoms with Gasteiger partial charge in [0, 0.05) is 22.4 Å². The zero-order valence-electron chi connectivity index (χ0n) is 17.5. The molecule has 1 amide bonds. The zero-order valence-corrected chi connectivity index (χ0v) is 18.3. The Hall–Kier alpha value is -2.67. The third-order valence-electron chi connectivity index (χ3n) is 7.24. The second kappa shape index (κ2) is 7.23. The SMILES string of the molecule is CC1(C)[C@H]2CC[C@]1(C)/C(=N/NC(=O)c1cccc(NS(=O)(=O)c3ccccc3)c1)C2. The van der Waals surface area contributed by atoms with Crippen LogP contribution in [0.5, 0.6) is 0 Å². The van der Waals surface area contributed by atoms with Crippen molar-refractivity contribution < 1.29 is 13.2 Å². The summed E-state index contributed by atoms with van der Waals surface area (Å²) in [7, 11) is -3.72. The Bertz CT molecular complexity index is 1110. The number of hydrogen-bond donors (Lipinski definition) is 2. The van der Waals surface area contributed by atoms with Crippen molar-refractivity contribution in [1.82, 2.24) is 5.43 Å². The Morgan fingerprint density at radius 2 is 1.80 bits per heavy atom. The number of carbonyl (C=O) groups is 1. The van der Waals surface area contributed by atoms with Crippen molar-refractivity contribution in [2.24, 2.45) is 21.8 Å². The average Bonchev–Trinajstić information content (AvgIpc) is 3.06. The highest BCUT2D eigenvalue weighted by atomic mass is 32.2. The molecule has 30 heavy (non-hydrogen) atoms. The Balaban J connectivity index is 1.49. The van der Waals surface area contributed by atoms with Crippen molar-refractivity contribution in [2.75, 3.05) is 4.72 Å². The standard InChI is InChI=1S/C23H27N3O3S/c1-22(2)17-12-13-23(22,3)20(15-17)24-25-21(27)16-8-7-9-18(14-16)26-30(28,29)19-10-5-4-6-11-19/h4-11,14,17,26H,12-13,15H2,1-3H3,(H,25,27)/b24-20+/t17-,23+/m0/s1. The van der Waals surface area contributed by atoms with Gasteiger partial charge in [-0.05, 0) is 60.9 Å². The molecular formula is C23H27N3O3S. The molecule has 0 radical (unpaired) electrons. The summed E-state index contributed by atoms with van der Waals surface area (Å²) < 4.78 is 27.6. The van der Waals surface area contributed by atoms with E-state index in [1.165, 1.54) is 24.6 Å². The van der Waals surface area contributed by atoms with Crippen LogP contribution in [0, 0.1) is 16.7 Å². The monoisotopic (exact) mass is 425 g/mol. The first kappa shape index (κ1) is 20.6. The van der Waals surface area contributed by atoms with E-state index in [2.05, 4.69) is 36.0 Å². The van der Waals surface area contributed by atoms with Gasteiger partial charge in [0.15, 0.2) is 0 Å². The van der Waals surface area contributed by atoms with Gasteiger partial charge in [-0.1, -0.05) is 45.0 Å². The molecule has 2 aromatic carbocycles. The fourth-order valence-electron chi connectivity index (χ4n) is 4.82. The number of benzene rings is 2. The number of hydrogen-bond acceptors (Lipinski definition) is 4. The Morgan fingerprint density at radius 1 is 1.07 bits per heavy atom. The van der Waals surface area contributed by atoms with Crippen LogP contribution in [-0.2, 0) is 10.0 Å². The summed E-state index contributed by atoms with van der Waals surface area (Å²) in [5.74, 6) is 0.251. The first-order chi connectivity index (χ1) is 14.1. The van der Waals surface area contributed by atoms with Crippen LogP contribution in [0.3, 0.4) is 0 Å². The van der Waals surface area contributed by atoms with Gasteiger partial charge in [0.05, 0.1) is 4.90 Å². The minimum Gasteiger partial charge on any atom is -0.280 e. The summed E-state index contributed by atoms with van der Waals surface area (Å²) in [5, 5.41) is 4.48. The molecule has 0 saturated heterocycles. The summed E-state index contributed by atoms with van der Waals surface area (Å²) in [6, 6.07) is 14.5. The number of rotatable bonds is 5. The van der Waals surface area contributed by atoms with Crippen molar-refractivity contribution in [3.05, 3.63) is 60.2 Å². The van der Waals surface area contributed by atoms with Gasteiger partial charge in [0.2, 0.25) is 0 Å². The second-order valence-corrected chi connectivity index (χ2v) is 10.7. The summed E-state index contributed by atoms with van der Waals surface area (Å²) in [6.45, 7) is 6.82. The fourth-order valence-corrected chi connectivity index (χ4v) is 5.89. The molecule has 7 heteroatoms. The van der Waals surface area contributed by atoms with Crippen LogP contribution in [0.2, 0.25) is 0 Å². The summed E-state index contributed by atoms with van der Waals surface area (Å²) in [5.41, 5.74) is 4.61. The molecule has 2 aliphatic carbocycles. The van der Waals surface area contributed by atoms with Crippen LogP contribution in [0.1, 0.15) is 50.4 Å². The lowest BCUT2D eigenvalue weighted by atomic mass is 9.70. The van der Waals surface area contributed by atoms with Crippen LogP contribution in [0.25, 0.3) is 0 Å². The number of sulfonamides is 1. The van der Waals surface area contributed by atoms with Crippen molar-refractivity contribution in [2.45, 2.75) is 44.9 Å². The summed E-state index contributed by atoms with van der Waals surface area (Å²) in [4.78, 5) is 12.8. The van der Waals surface area contributed by atoms with Crippen molar-refractivity contribution >= 4 is 27.3 Å². The average molecular weight is 426 g/mol. The van der Waals surface area contributed by atoms with E-state index in [9.17, 15) is 13.2 Å². The van der Waals surface area contributed by atoms with E-state index in [1.54, 1.807) is 36.4 Å². The molecule has 2 fully saturated rings. The van der Waals surface area contributed by atoms with Gasteiger partial charge in [-0.2, -0.15) is 5.10 Å². The number of anilines is 1. The second-order valence-electron chi connectivity index (χ2n) is 8.99. The maximum absolute atomic E-state index is 12.7. The predicted molar refractivity (Wildman–Crippen MR) is 118 cm³/mol. The molecule has 0 aliphatic heterocycles. The van der Waals surface area contributed by atoms with Gasteiger partial charge in [-0.15, -0.1) is 0 Å². The van der Waals surface area contributed by atoms with E-state index in [0.29, 0.717) is 17.2 Å². The largest absolute Gasteiger partial charge is 0.280 e. The minimum absolute atomic E-state index is 0.0120. The molecule has 2 N–H and O–H groups in total. The highest BCUT2D eigenvalue weighted by molar-refractivity contribution is 7.92. The number of carbonyl (C=O) groups excluding carboxylic acids is 1. The van der Waals surface area contributed by atoms with Crippen molar-refractivity contribution in [3.63, 3.8) is 0 Å². The van der Waals surface area contributed by atoms with Gasteiger partial charge < -0.3 is 0 Å². The van der Waals surface area contributed by atoms with E-state index in [-0.39, 0.29) is 21.6 Å². The Morgan fingerprint density at radius 3 is 2.43 bits per heavy atom. The normalized spacial score (nSPS) is 26.0. The molecule has 4 rings (SSSR count). The lowest BCUT2D eigenvalue weighted by Crippen LogP contribution is -2.34. The Labute approximate surface area is 177 Å². The third kappa shape index (κ3) is 3.41. The van der Waals surface area contributed by atoms with Crippen molar-refractivity contribution in [3.8, 4) is 0 Å². The fraction of sp³-hybridized carbons (Fsp3) is 0.391. The van der Waals surface area contributed by atoms with Gasteiger partial charge >= 0.3 is 0 Å². The van der Waals surface area contributed by atoms with E-state index >= 15 is 0 Å². The van der Waals surface area contributed by atoms with Gasteiger partial charge in [-0.25, -0.2) is 13.8 Å². The van der Waals surface area contributed by atoms with Crippen LogP contribution >= 0.6 is 0 Å².